The second kappa shape index (κ2) is 8.50. The maximum absolute atomic E-state index is 13.5. The smallest absolute Gasteiger partial charge is 0.262 e. The Morgan fingerprint density at radius 3 is 2.33 bits per heavy atom. The van der Waals surface area contributed by atoms with Crippen LogP contribution in [0.1, 0.15) is 16.7 Å². The van der Waals surface area contributed by atoms with E-state index in [1.54, 1.807) is 12.0 Å². The predicted molar refractivity (Wildman–Crippen MR) is 127 cm³/mol. The molecule has 3 nitrogen and oxygen atoms in total. The van der Waals surface area contributed by atoms with Gasteiger partial charge in [0.1, 0.15) is 5.75 Å². The highest BCUT2D eigenvalue weighted by Crippen LogP contribution is 2.39. The second-order valence-electron chi connectivity index (χ2n) is 7.00. The maximum atomic E-state index is 13.5. The van der Waals surface area contributed by atoms with Gasteiger partial charge in [0.2, 0.25) is 0 Å². The molecule has 0 saturated heterocycles. The highest BCUT2D eigenvalue weighted by atomic mass is 79.9. The van der Waals surface area contributed by atoms with Crippen LogP contribution in [0.15, 0.2) is 82.9 Å². The maximum Gasteiger partial charge on any atom is 0.262 e. The summed E-state index contributed by atoms with van der Waals surface area (Å²) in [6.07, 6.45) is 3.81. The highest BCUT2D eigenvalue weighted by Gasteiger charge is 2.31. The molecule has 0 saturated carbocycles. The number of benzene rings is 3. The zero-order valence-electron chi connectivity index (χ0n) is 16.5. The number of halogens is 2. The van der Waals surface area contributed by atoms with Crippen molar-refractivity contribution >= 4 is 50.9 Å². The van der Waals surface area contributed by atoms with Crippen molar-refractivity contribution in [2.45, 2.75) is 6.92 Å². The number of anilines is 1. The van der Waals surface area contributed by atoms with E-state index in [2.05, 4.69) is 15.9 Å². The molecule has 4 rings (SSSR count). The lowest BCUT2D eigenvalue weighted by molar-refractivity contribution is -0.113. The monoisotopic (exact) mass is 479 g/mol. The number of amides is 1. The SMILES string of the molecule is COc1ccc(/C=C2/C=C(c3ccc(Cl)cc3)N(c3ccc(C)cc3Br)C2=O)cc1. The summed E-state index contributed by atoms with van der Waals surface area (Å²) in [6.45, 7) is 2.02. The van der Waals surface area contributed by atoms with Crippen molar-refractivity contribution < 1.29 is 9.53 Å². The lowest BCUT2D eigenvalue weighted by Gasteiger charge is -2.22. The van der Waals surface area contributed by atoms with Gasteiger partial charge in [-0.3, -0.25) is 9.69 Å². The van der Waals surface area contributed by atoms with Gasteiger partial charge in [-0.05, 0) is 88.1 Å². The fourth-order valence-electron chi connectivity index (χ4n) is 3.36. The third-order valence-corrected chi connectivity index (χ3v) is 5.79. The summed E-state index contributed by atoms with van der Waals surface area (Å²) < 4.78 is 6.08. The Morgan fingerprint density at radius 2 is 1.70 bits per heavy atom. The Balaban J connectivity index is 1.82. The summed E-state index contributed by atoms with van der Waals surface area (Å²) in [5.41, 5.74) is 5.17. The number of aryl methyl sites for hydroxylation is 1. The van der Waals surface area contributed by atoms with Crippen molar-refractivity contribution in [3.05, 3.63) is 105 Å². The number of carbonyl (C=O) groups is 1. The molecule has 1 aliphatic heterocycles. The first-order chi connectivity index (χ1) is 14.5. The van der Waals surface area contributed by atoms with Gasteiger partial charge in [-0.2, -0.15) is 0 Å². The largest absolute Gasteiger partial charge is 0.497 e. The van der Waals surface area contributed by atoms with E-state index in [9.17, 15) is 4.79 Å². The van der Waals surface area contributed by atoms with Gasteiger partial charge < -0.3 is 4.74 Å². The van der Waals surface area contributed by atoms with Crippen molar-refractivity contribution in [2.24, 2.45) is 0 Å². The third kappa shape index (κ3) is 4.07. The van der Waals surface area contributed by atoms with E-state index < -0.39 is 0 Å². The Bertz CT molecular complexity index is 1160. The van der Waals surface area contributed by atoms with Crippen molar-refractivity contribution in [3.8, 4) is 5.75 Å². The number of nitrogens with zero attached hydrogens (tertiary/aromatic N) is 1. The van der Waals surface area contributed by atoms with Crippen LogP contribution in [0.25, 0.3) is 11.8 Å². The predicted octanol–water partition coefficient (Wildman–Crippen LogP) is 6.89. The Labute approximate surface area is 189 Å². The lowest BCUT2D eigenvalue weighted by atomic mass is 10.1. The number of hydrogen-bond acceptors (Lipinski definition) is 2. The van der Waals surface area contributed by atoms with E-state index >= 15 is 0 Å². The second-order valence-corrected chi connectivity index (χ2v) is 8.30. The molecule has 1 amide bonds. The average molecular weight is 481 g/mol. The average Bonchev–Trinajstić information content (AvgIpc) is 3.05. The van der Waals surface area contributed by atoms with Crippen LogP contribution in [0, 0.1) is 6.92 Å². The molecule has 0 fully saturated rings. The van der Waals surface area contributed by atoms with E-state index in [0.29, 0.717) is 10.6 Å². The molecule has 0 spiro atoms. The van der Waals surface area contributed by atoms with Crippen molar-refractivity contribution in [1.82, 2.24) is 0 Å². The Morgan fingerprint density at radius 1 is 1.00 bits per heavy atom. The molecule has 1 aliphatic rings. The fourth-order valence-corrected chi connectivity index (χ4v) is 4.16. The molecule has 30 heavy (non-hydrogen) atoms. The van der Waals surface area contributed by atoms with Gasteiger partial charge in [-0.15, -0.1) is 0 Å². The number of ether oxygens (including phenoxy) is 1. The van der Waals surface area contributed by atoms with Crippen LogP contribution in [0.3, 0.4) is 0 Å². The Hall–Kier alpha value is -2.82. The van der Waals surface area contributed by atoms with Crippen LogP contribution in [-0.2, 0) is 4.79 Å². The molecule has 0 atom stereocenters. The summed E-state index contributed by atoms with van der Waals surface area (Å²) in [4.78, 5) is 15.2. The third-order valence-electron chi connectivity index (χ3n) is 4.91. The lowest BCUT2D eigenvalue weighted by Crippen LogP contribution is -2.25. The number of methoxy groups -OCH3 is 1. The van der Waals surface area contributed by atoms with Gasteiger partial charge >= 0.3 is 0 Å². The zero-order valence-corrected chi connectivity index (χ0v) is 18.9. The zero-order chi connectivity index (χ0) is 21.3. The van der Waals surface area contributed by atoms with Gasteiger partial charge in [-0.1, -0.05) is 41.9 Å². The molecule has 5 heteroatoms. The first kappa shape index (κ1) is 20.5. The van der Waals surface area contributed by atoms with Crippen LogP contribution in [-0.4, -0.2) is 13.0 Å². The van der Waals surface area contributed by atoms with Crippen LogP contribution in [0.5, 0.6) is 5.75 Å². The summed E-state index contributed by atoms with van der Waals surface area (Å²) in [6, 6.07) is 21.1. The molecule has 1 heterocycles. The Kier molecular flexibility index (Phi) is 5.80. The van der Waals surface area contributed by atoms with Crippen molar-refractivity contribution in [2.75, 3.05) is 12.0 Å². The summed E-state index contributed by atoms with van der Waals surface area (Å²) >= 11 is 9.70. The number of hydrogen-bond donors (Lipinski definition) is 0. The summed E-state index contributed by atoms with van der Waals surface area (Å²) in [7, 11) is 1.63. The number of carbonyl (C=O) groups excluding carboxylic acids is 1. The van der Waals surface area contributed by atoms with E-state index in [1.807, 2.05) is 85.8 Å². The highest BCUT2D eigenvalue weighted by molar-refractivity contribution is 9.10. The van der Waals surface area contributed by atoms with Gasteiger partial charge in [0.15, 0.2) is 0 Å². The molecule has 150 valence electrons. The van der Waals surface area contributed by atoms with E-state index in [1.165, 1.54) is 0 Å². The normalized spacial score (nSPS) is 14.9. The van der Waals surface area contributed by atoms with Crippen LogP contribution < -0.4 is 9.64 Å². The minimum atomic E-state index is -0.0830. The van der Waals surface area contributed by atoms with Crippen molar-refractivity contribution in [3.63, 3.8) is 0 Å². The van der Waals surface area contributed by atoms with Gasteiger partial charge in [0.25, 0.3) is 5.91 Å². The van der Waals surface area contributed by atoms with Crippen LogP contribution in [0.4, 0.5) is 5.69 Å². The molecular formula is C25H19BrClNO2. The van der Waals surface area contributed by atoms with Gasteiger partial charge in [-0.25, -0.2) is 0 Å². The first-order valence-corrected chi connectivity index (χ1v) is 10.6. The molecular weight excluding hydrogens is 462 g/mol. The van der Waals surface area contributed by atoms with E-state index in [-0.39, 0.29) is 5.91 Å². The summed E-state index contributed by atoms with van der Waals surface area (Å²) in [5, 5.41) is 0.653. The van der Waals surface area contributed by atoms with Crippen molar-refractivity contribution in [1.29, 1.82) is 0 Å². The molecule has 0 unspecified atom stereocenters. The molecule has 0 radical (unpaired) electrons. The fraction of sp³-hybridized carbons (Fsp3) is 0.0800. The first-order valence-electron chi connectivity index (χ1n) is 9.40. The molecule has 0 aliphatic carbocycles. The molecule has 0 N–H and O–H groups in total. The van der Waals surface area contributed by atoms with Gasteiger partial charge in [0, 0.05) is 15.1 Å². The standard InChI is InChI=1S/C25H19BrClNO2/c1-16-3-12-23(22(26)13-16)28-24(18-6-8-20(27)9-7-18)15-19(25(28)29)14-17-4-10-21(30-2)11-5-17/h3-15H,1-2H3/b19-14-. The summed E-state index contributed by atoms with van der Waals surface area (Å²) in [5.74, 6) is 0.692. The van der Waals surface area contributed by atoms with E-state index in [4.69, 9.17) is 16.3 Å². The minimum absolute atomic E-state index is 0.0830. The molecule has 0 bridgehead atoms. The number of rotatable bonds is 4. The molecule has 0 aromatic heterocycles. The topological polar surface area (TPSA) is 29.5 Å². The van der Waals surface area contributed by atoms with Gasteiger partial charge in [0.05, 0.1) is 18.5 Å². The van der Waals surface area contributed by atoms with Crippen LogP contribution >= 0.6 is 27.5 Å². The van der Waals surface area contributed by atoms with Crippen LogP contribution in [0.2, 0.25) is 5.02 Å². The quantitative estimate of drug-likeness (QED) is 0.380. The minimum Gasteiger partial charge on any atom is -0.497 e. The van der Waals surface area contributed by atoms with E-state index in [0.717, 1.165) is 38.3 Å². The molecule has 3 aromatic rings. The molecule has 3 aromatic carbocycles.